The molecule has 9 nitrogen and oxygen atoms in total. The molecule has 150 valence electrons. The average Bonchev–Trinajstić information content (AvgIpc) is 3.17. The van der Waals surface area contributed by atoms with Gasteiger partial charge >= 0.3 is 0 Å². The molecule has 3 rings (SSSR count). The normalized spacial score (nSPS) is 18.6. The number of nitrogens with zero attached hydrogens (tertiary/aromatic N) is 4. The summed E-state index contributed by atoms with van der Waals surface area (Å²) in [6, 6.07) is 6.10. The van der Waals surface area contributed by atoms with E-state index in [2.05, 4.69) is 15.1 Å². The lowest BCUT2D eigenvalue weighted by Gasteiger charge is -2.34. The highest BCUT2D eigenvalue weighted by atomic mass is 16.6. The van der Waals surface area contributed by atoms with E-state index in [-0.39, 0.29) is 17.5 Å². The number of carbonyl (C=O) groups is 1. The number of carbonyl (C=O) groups excluding carboxylic acids is 1. The molecule has 9 heteroatoms. The van der Waals surface area contributed by atoms with Crippen molar-refractivity contribution in [2.45, 2.75) is 24.9 Å². The minimum atomic E-state index is -0.816. The molecule has 2 aromatic rings. The first-order valence-electron chi connectivity index (χ1n) is 9.26. The molecule has 1 aromatic heterocycles. The number of hydrogen-bond acceptors (Lipinski definition) is 6. The Hall–Kier alpha value is -2.78. The van der Waals surface area contributed by atoms with E-state index in [1.165, 1.54) is 17.0 Å². The number of aromatic amines is 1. The molecule has 1 amide bonds. The molecule has 0 radical (unpaired) electrons. The zero-order chi connectivity index (χ0) is 20.3. The highest BCUT2D eigenvalue weighted by Gasteiger charge is 2.28. The molecule has 0 bridgehead atoms. The van der Waals surface area contributed by atoms with Crippen LogP contribution < -0.4 is 0 Å². The third kappa shape index (κ3) is 4.37. The maximum atomic E-state index is 12.4. The van der Waals surface area contributed by atoms with E-state index >= 15 is 0 Å². The van der Waals surface area contributed by atoms with Gasteiger partial charge in [-0.05, 0) is 24.9 Å². The highest BCUT2D eigenvalue weighted by molar-refractivity contribution is 5.94. The van der Waals surface area contributed by atoms with Crippen molar-refractivity contribution in [2.24, 2.45) is 0 Å². The topological polar surface area (TPSA) is 116 Å². The van der Waals surface area contributed by atoms with Crippen LogP contribution in [0.2, 0.25) is 0 Å². The number of rotatable bonds is 6. The Morgan fingerprint density at radius 3 is 3.00 bits per heavy atom. The molecule has 2 atom stereocenters. The third-order valence-electron chi connectivity index (χ3n) is 5.12. The van der Waals surface area contributed by atoms with Crippen molar-refractivity contribution in [1.82, 2.24) is 20.0 Å². The van der Waals surface area contributed by atoms with Crippen LogP contribution in [0.4, 0.5) is 5.69 Å². The Labute approximate surface area is 163 Å². The maximum Gasteiger partial charge on any atom is 0.269 e. The van der Waals surface area contributed by atoms with Crippen molar-refractivity contribution < 1.29 is 14.8 Å². The van der Waals surface area contributed by atoms with E-state index < -0.39 is 11.0 Å². The first kappa shape index (κ1) is 20.0. The molecule has 1 aliphatic rings. The Kier molecular flexibility index (Phi) is 6.05. The lowest BCUT2D eigenvalue weighted by atomic mass is 9.92. The predicted molar refractivity (Wildman–Crippen MR) is 103 cm³/mol. The largest absolute Gasteiger partial charge is 0.387 e. The quantitative estimate of drug-likeness (QED) is 0.578. The first-order valence-corrected chi connectivity index (χ1v) is 9.26. The van der Waals surface area contributed by atoms with Gasteiger partial charge in [0.2, 0.25) is 0 Å². The van der Waals surface area contributed by atoms with Gasteiger partial charge in [0.1, 0.15) is 0 Å². The molecule has 0 saturated carbocycles. The van der Waals surface area contributed by atoms with Crippen LogP contribution in [0.25, 0.3) is 0 Å². The minimum absolute atomic E-state index is 0.0302. The van der Waals surface area contributed by atoms with Crippen molar-refractivity contribution in [3.8, 4) is 0 Å². The van der Waals surface area contributed by atoms with Crippen LogP contribution in [0.5, 0.6) is 0 Å². The number of nitrogens with one attached hydrogen (secondary N) is 1. The second kappa shape index (κ2) is 8.49. The van der Waals surface area contributed by atoms with Gasteiger partial charge in [-0.2, -0.15) is 5.10 Å². The van der Waals surface area contributed by atoms with E-state index in [0.717, 1.165) is 25.1 Å². The molecule has 2 N–H and O–H groups in total. The first-order chi connectivity index (χ1) is 13.4. The zero-order valence-corrected chi connectivity index (χ0v) is 16.0. The zero-order valence-electron chi connectivity index (χ0n) is 16.0. The SMILES string of the molecule is CN(C)C(=O)c1cn[nH]c1[C@@H]1CCCN(C[C@H](O)c2cccc([N+](=O)[O-])c2)C1. The third-order valence-corrected chi connectivity index (χ3v) is 5.12. The number of aliphatic hydroxyl groups is 1. The fourth-order valence-corrected chi connectivity index (χ4v) is 3.67. The standard InChI is InChI=1S/C19H25N5O4/c1-22(2)19(26)16-10-20-21-18(16)14-6-4-8-23(11-14)12-17(25)13-5-3-7-15(9-13)24(27)28/h3,5,7,9-10,14,17,25H,4,6,8,11-12H2,1-2H3,(H,20,21)/t14-,17+/m1/s1. The summed E-state index contributed by atoms with van der Waals surface area (Å²) in [7, 11) is 3.42. The minimum Gasteiger partial charge on any atom is -0.387 e. The van der Waals surface area contributed by atoms with Gasteiger partial charge in [0.05, 0.1) is 28.5 Å². The maximum absolute atomic E-state index is 12.4. The smallest absolute Gasteiger partial charge is 0.269 e. The lowest BCUT2D eigenvalue weighted by Crippen LogP contribution is -2.38. The molecule has 1 saturated heterocycles. The van der Waals surface area contributed by atoms with Crippen molar-refractivity contribution in [1.29, 1.82) is 0 Å². The number of aromatic nitrogens is 2. The molecule has 2 heterocycles. The van der Waals surface area contributed by atoms with Crippen molar-refractivity contribution >= 4 is 11.6 Å². The van der Waals surface area contributed by atoms with E-state index in [1.807, 2.05) is 0 Å². The second-order valence-corrected chi connectivity index (χ2v) is 7.36. The Morgan fingerprint density at radius 2 is 2.29 bits per heavy atom. The number of H-pyrrole nitrogens is 1. The molecule has 0 aliphatic carbocycles. The lowest BCUT2D eigenvalue weighted by molar-refractivity contribution is -0.385. The van der Waals surface area contributed by atoms with Gasteiger partial charge in [-0.15, -0.1) is 0 Å². The van der Waals surface area contributed by atoms with Gasteiger partial charge in [-0.1, -0.05) is 12.1 Å². The van der Waals surface area contributed by atoms with Crippen LogP contribution in [-0.2, 0) is 0 Å². The summed E-state index contributed by atoms with van der Waals surface area (Å²) >= 11 is 0. The number of likely N-dealkylation sites (tertiary alicyclic amines) is 1. The molecular formula is C19H25N5O4. The van der Waals surface area contributed by atoms with Gasteiger partial charge in [-0.25, -0.2) is 0 Å². The Morgan fingerprint density at radius 1 is 1.50 bits per heavy atom. The summed E-state index contributed by atoms with van der Waals surface area (Å²) in [6.45, 7) is 1.89. The van der Waals surface area contributed by atoms with Crippen LogP contribution in [-0.4, -0.2) is 69.7 Å². The number of piperidine rings is 1. The Balaban J connectivity index is 1.69. The second-order valence-electron chi connectivity index (χ2n) is 7.36. The van der Waals surface area contributed by atoms with Gasteiger partial charge in [0.15, 0.2) is 0 Å². The summed E-state index contributed by atoms with van der Waals surface area (Å²) in [4.78, 5) is 26.5. The number of β-amino-alcohol motifs (C(OH)–C–C–N with tert-alkyl or cyclic N) is 1. The van der Waals surface area contributed by atoms with Crippen LogP contribution in [0.1, 0.15) is 46.5 Å². The van der Waals surface area contributed by atoms with E-state index in [4.69, 9.17) is 0 Å². The monoisotopic (exact) mass is 387 g/mol. The molecule has 1 fully saturated rings. The van der Waals surface area contributed by atoms with E-state index in [9.17, 15) is 20.0 Å². The number of nitro benzene ring substituents is 1. The molecule has 28 heavy (non-hydrogen) atoms. The molecule has 1 aromatic carbocycles. The summed E-state index contributed by atoms with van der Waals surface area (Å²) in [6.07, 6.45) is 2.61. The summed E-state index contributed by atoms with van der Waals surface area (Å²) < 4.78 is 0. The van der Waals surface area contributed by atoms with Gasteiger partial charge in [0.25, 0.3) is 11.6 Å². The summed E-state index contributed by atoms with van der Waals surface area (Å²) in [5.41, 5.74) is 1.91. The number of hydrogen-bond donors (Lipinski definition) is 2. The van der Waals surface area contributed by atoms with Gasteiger partial charge < -0.3 is 10.0 Å². The summed E-state index contributed by atoms with van der Waals surface area (Å²) in [5.74, 6) is 0.0324. The number of nitro groups is 1. The van der Waals surface area contributed by atoms with E-state index in [0.29, 0.717) is 24.2 Å². The number of non-ortho nitro benzene ring substituents is 1. The molecule has 0 spiro atoms. The fourth-order valence-electron chi connectivity index (χ4n) is 3.67. The van der Waals surface area contributed by atoms with Crippen molar-refractivity contribution in [2.75, 3.05) is 33.7 Å². The molecule has 1 aliphatic heterocycles. The Bertz CT molecular complexity index is 850. The fraction of sp³-hybridized carbons (Fsp3) is 0.474. The van der Waals surface area contributed by atoms with Crippen molar-refractivity contribution in [3.05, 3.63) is 57.4 Å². The van der Waals surface area contributed by atoms with Gasteiger partial charge in [-0.3, -0.25) is 24.9 Å². The average molecular weight is 387 g/mol. The molecule has 0 unspecified atom stereocenters. The highest BCUT2D eigenvalue weighted by Crippen LogP contribution is 2.29. The van der Waals surface area contributed by atoms with Crippen LogP contribution in [0.3, 0.4) is 0 Å². The van der Waals surface area contributed by atoms with E-state index in [1.54, 1.807) is 32.4 Å². The predicted octanol–water partition coefficient (Wildman–Crippen LogP) is 1.93. The van der Waals surface area contributed by atoms with Gasteiger partial charge in [0, 0.05) is 45.2 Å². The van der Waals surface area contributed by atoms with Crippen LogP contribution in [0, 0.1) is 10.1 Å². The number of amides is 1. The van der Waals surface area contributed by atoms with Crippen LogP contribution in [0.15, 0.2) is 30.5 Å². The molecular weight excluding hydrogens is 362 g/mol. The van der Waals surface area contributed by atoms with Crippen molar-refractivity contribution in [3.63, 3.8) is 0 Å². The summed E-state index contributed by atoms with van der Waals surface area (Å²) in [5, 5.41) is 28.5. The van der Waals surface area contributed by atoms with Crippen LogP contribution >= 0.6 is 0 Å². The number of benzene rings is 1. The number of aliphatic hydroxyl groups excluding tert-OH is 1.